The van der Waals surface area contributed by atoms with Crippen molar-refractivity contribution in [2.75, 3.05) is 7.05 Å². The molecule has 0 bridgehead atoms. The van der Waals surface area contributed by atoms with Gasteiger partial charge in [-0.3, -0.25) is 0 Å². The Morgan fingerprint density at radius 2 is 2.19 bits per heavy atom. The van der Waals surface area contributed by atoms with E-state index in [0.717, 1.165) is 25.2 Å². The van der Waals surface area contributed by atoms with Crippen LogP contribution in [0.4, 0.5) is 0 Å². The zero-order chi connectivity index (χ0) is 11.2. The first-order chi connectivity index (χ1) is 7.88. The van der Waals surface area contributed by atoms with E-state index in [1.165, 1.54) is 4.88 Å². The molecule has 0 fully saturated rings. The van der Waals surface area contributed by atoms with Crippen LogP contribution in [-0.2, 0) is 19.4 Å². The van der Waals surface area contributed by atoms with Crippen molar-refractivity contribution >= 4 is 11.3 Å². The molecule has 2 aromatic rings. The fourth-order valence-corrected chi connectivity index (χ4v) is 2.23. The Morgan fingerprint density at radius 3 is 2.94 bits per heavy atom. The third-order valence-corrected chi connectivity index (χ3v) is 3.17. The first-order valence-corrected chi connectivity index (χ1v) is 6.24. The lowest BCUT2D eigenvalue weighted by molar-refractivity contribution is 0.435. The zero-order valence-corrected chi connectivity index (χ0v) is 10.1. The molecule has 2 heterocycles. The van der Waals surface area contributed by atoms with E-state index in [4.69, 9.17) is 4.42 Å². The summed E-state index contributed by atoms with van der Waals surface area (Å²) in [6.07, 6.45) is 3.00. The third-order valence-electron chi connectivity index (χ3n) is 2.23. The monoisotopic (exact) mass is 237 g/mol. The highest BCUT2D eigenvalue weighted by atomic mass is 32.1. The molecule has 0 unspecified atom stereocenters. The molecule has 86 valence electrons. The van der Waals surface area contributed by atoms with Gasteiger partial charge in [-0.05, 0) is 31.3 Å². The van der Waals surface area contributed by atoms with E-state index in [0.29, 0.717) is 12.4 Å². The van der Waals surface area contributed by atoms with E-state index < -0.39 is 0 Å². The zero-order valence-electron chi connectivity index (χ0n) is 9.27. The number of aryl methyl sites for hydroxylation is 2. The predicted octanol–water partition coefficient (Wildman–Crippen LogP) is 2.03. The predicted molar refractivity (Wildman–Crippen MR) is 63.4 cm³/mol. The molecule has 16 heavy (non-hydrogen) atoms. The van der Waals surface area contributed by atoms with Crippen LogP contribution in [0.15, 0.2) is 21.9 Å². The van der Waals surface area contributed by atoms with Gasteiger partial charge in [0.25, 0.3) is 0 Å². The number of hydrogen-bond donors (Lipinski definition) is 1. The summed E-state index contributed by atoms with van der Waals surface area (Å²) in [6, 6.07) is 4.24. The fraction of sp³-hybridized carbons (Fsp3) is 0.455. The average Bonchev–Trinajstić information content (AvgIpc) is 2.90. The van der Waals surface area contributed by atoms with Gasteiger partial charge in [-0.15, -0.1) is 21.5 Å². The normalized spacial score (nSPS) is 10.8. The molecule has 0 radical (unpaired) electrons. The Morgan fingerprint density at radius 1 is 1.31 bits per heavy atom. The van der Waals surface area contributed by atoms with Gasteiger partial charge in [0.2, 0.25) is 11.8 Å². The number of nitrogens with one attached hydrogen (secondary N) is 1. The van der Waals surface area contributed by atoms with Crippen LogP contribution in [0.2, 0.25) is 0 Å². The molecule has 0 spiro atoms. The molecule has 0 amide bonds. The van der Waals surface area contributed by atoms with Crippen LogP contribution < -0.4 is 5.32 Å². The van der Waals surface area contributed by atoms with Crippen molar-refractivity contribution in [1.82, 2.24) is 15.5 Å². The van der Waals surface area contributed by atoms with Gasteiger partial charge in [-0.1, -0.05) is 6.07 Å². The lowest BCUT2D eigenvalue weighted by atomic mass is 10.2. The van der Waals surface area contributed by atoms with Gasteiger partial charge >= 0.3 is 0 Å². The maximum Gasteiger partial charge on any atom is 0.230 e. The van der Waals surface area contributed by atoms with Crippen LogP contribution in [-0.4, -0.2) is 17.2 Å². The van der Waals surface area contributed by atoms with Gasteiger partial charge < -0.3 is 9.73 Å². The van der Waals surface area contributed by atoms with Gasteiger partial charge in [0.15, 0.2) is 0 Å². The van der Waals surface area contributed by atoms with Crippen LogP contribution >= 0.6 is 11.3 Å². The van der Waals surface area contributed by atoms with Gasteiger partial charge in [-0.25, -0.2) is 0 Å². The lowest BCUT2D eigenvalue weighted by Gasteiger charge is -1.94. The largest absolute Gasteiger partial charge is 0.424 e. The quantitative estimate of drug-likeness (QED) is 0.835. The Hall–Kier alpha value is -1.20. The van der Waals surface area contributed by atoms with E-state index in [1.54, 1.807) is 11.3 Å². The Balaban J connectivity index is 1.76. The second-order valence-corrected chi connectivity index (χ2v) is 4.59. The van der Waals surface area contributed by atoms with Crippen LogP contribution in [0.5, 0.6) is 0 Å². The summed E-state index contributed by atoms with van der Waals surface area (Å²) in [5, 5.41) is 13.0. The summed E-state index contributed by atoms with van der Waals surface area (Å²) >= 11 is 1.79. The summed E-state index contributed by atoms with van der Waals surface area (Å²) in [6.45, 7) is 0.637. The van der Waals surface area contributed by atoms with Crippen molar-refractivity contribution in [1.29, 1.82) is 0 Å². The summed E-state index contributed by atoms with van der Waals surface area (Å²) in [7, 11) is 1.86. The van der Waals surface area contributed by atoms with Crippen molar-refractivity contribution in [3.8, 4) is 0 Å². The number of thiophene rings is 1. The summed E-state index contributed by atoms with van der Waals surface area (Å²) in [5.74, 6) is 1.40. The van der Waals surface area contributed by atoms with E-state index in [2.05, 4.69) is 33.0 Å². The van der Waals surface area contributed by atoms with Crippen molar-refractivity contribution < 1.29 is 4.42 Å². The number of rotatable bonds is 6. The molecule has 2 aromatic heterocycles. The minimum atomic E-state index is 0.637. The highest BCUT2D eigenvalue weighted by Gasteiger charge is 2.04. The Bertz CT molecular complexity index is 411. The molecule has 0 saturated heterocycles. The molecular weight excluding hydrogens is 222 g/mol. The SMILES string of the molecule is CNCc1nnc(CCCc2cccs2)o1. The molecule has 0 aromatic carbocycles. The molecule has 5 heteroatoms. The standard InChI is InChI=1S/C11H15N3OS/c1-12-8-11-14-13-10(15-11)6-2-4-9-5-3-7-16-9/h3,5,7,12H,2,4,6,8H2,1H3. The lowest BCUT2D eigenvalue weighted by Crippen LogP contribution is -2.04. The molecule has 1 N–H and O–H groups in total. The summed E-state index contributed by atoms with van der Waals surface area (Å²) < 4.78 is 5.46. The smallest absolute Gasteiger partial charge is 0.230 e. The fourth-order valence-electron chi connectivity index (χ4n) is 1.48. The first kappa shape index (κ1) is 11.3. The van der Waals surface area contributed by atoms with Crippen LogP contribution in [0.25, 0.3) is 0 Å². The maximum absolute atomic E-state index is 5.46. The molecule has 0 aliphatic rings. The van der Waals surface area contributed by atoms with E-state index >= 15 is 0 Å². The van der Waals surface area contributed by atoms with Gasteiger partial charge in [-0.2, -0.15) is 0 Å². The highest BCUT2D eigenvalue weighted by Crippen LogP contribution is 2.12. The maximum atomic E-state index is 5.46. The van der Waals surface area contributed by atoms with Crippen molar-refractivity contribution in [2.45, 2.75) is 25.8 Å². The van der Waals surface area contributed by atoms with E-state index in [9.17, 15) is 0 Å². The minimum Gasteiger partial charge on any atom is -0.424 e. The molecular formula is C11H15N3OS. The molecule has 0 aliphatic heterocycles. The third kappa shape index (κ3) is 3.15. The van der Waals surface area contributed by atoms with Crippen molar-refractivity contribution in [3.05, 3.63) is 34.2 Å². The van der Waals surface area contributed by atoms with Crippen molar-refractivity contribution in [2.24, 2.45) is 0 Å². The number of aromatic nitrogens is 2. The Kier molecular flexibility index (Phi) is 4.07. The van der Waals surface area contributed by atoms with Crippen molar-refractivity contribution in [3.63, 3.8) is 0 Å². The molecule has 0 saturated carbocycles. The van der Waals surface area contributed by atoms with Gasteiger partial charge in [0.05, 0.1) is 6.54 Å². The van der Waals surface area contributed by atoms with E-state index in [1.807, 2.05) is 7.05 Å². The van der Waals surface area contributed by atoms with E-state index in [-0.39, 0.29) is 0 Å². The minimum absolute atomic E-state index is 0.637. The van der Waals surface area contributed by atoms with Gasteiger partial charge in [0, 0.05) is 11.3 Å². The average molecular weight is 237 g/mol. The number of hydrogen-bond acceptors (Lipinski definition) is 5. The first-order valence-electron chi connectivity index (χ1n) is 5.36. The number of nitrogens with zero attached hydrogens (tertiary/aromatic N) is 2. The van der Waals surface area contributed by atoms with Gasteiger partial charge in [0.1, 0.15) is 0 Å². The molecule has 2 rings (SSSR count). The highest BCUT2D eigenvalue weighted by molar-refractivity contribution is 7.09. The van der Waals surface area contributed by atoms with Crippen LogP contribution in [0, 0.1) is 0 Å². The topological polar surface area (TPSA) is 51.0 Å². The van der Waals surface area contributed by atoms with Crippen LogP contribution in [0.3, 0.4) is 0 Å². The second kappa shape index (κ2) is 5.77. The summed E-state index contributed by atoms with van der Waals surface area (Å²) in [5.41, 5.74) is 0. The Labute approximate surface area is 98.7 Å². The molecule has 0 atom stereocenters. The van der Waals surface area contributed by atoms with Crippen LogP contribution in [0.1, 0.15) is 23.1 Å². The molecule has 0 aliphatic carbocycles. The molecule has 4 nitrogen and oxygen atoms in total. The summed E-state index contributed by atoms with van der Waals surface area (Å²) in [4.78, 5) is 1.41. The second-order valence-electron chi connectivity index (χ2n) is 3.55.